The average molecular weight is 232 g/mol. The Bertz CT molecular complexity index is 594. The summed E-state index contributed by atoms with van der Waals surface area (Å²) in [6, 6.07) is 4.66. The van der Waals surface area contributed by atoms with Crippen molar-refractivity contribution < 1.29 is 10.0 Å². The van der Waals surface area contributed by atoms with Gasteiger partial charge in [-0.3, -0.25) is 15.1 Å². The quantitative estimate of drug-likeness (QED) is 0.637. The number of nitrogens with zero attached hydrogens (tertiary/aromatic N) is 2. The zero-order valence-electron chi connectivity index (χ0n) is 9.54. The van der Waals surface area contributed by atoms with Gasteiger partial charge in [-0.1, -0.05) is 13.8 Å². The van der Waals surface area contributed by atoms with Gasteiger partial charge in [0.15, 0.2) is 0 Å². The number of phenolic OH excluding ortho intramolecular Hbond substituents is 1. The van der Waals surface area contributed by atoms with E-state index in [0.717, 1.165) is 0 Å². The summed E-state index contributed by atoms with van der Waals surface area (Å²) in [5.74, 6) is -0.0548. The van der Waals surface area contributed by atoms with Crippen molar-refractivity contribution in [3.05, 3.63) is 40.1 Å². The van der Waals surface area contributed by atoms with Crippen LogP contribution in [0.3, 0.4) is 0 Å². The molecule has 2 aromatic rings. The number of pyridine rings is 1. The molecule has 0 aliphatic carbocycles. The van der Waals surface area contributed by atoms with E-state index in [2.05, 4.69) is 4.98 Å². The van der Waals surface area contributed by atoms with Gasteiger partial charge in [-0.25, -0.2) is 0 Å². The normalized spacial score (nSPS) is 11.0. The Hall–Kier alpha value is -2.17. The Kier molecular flexibility index (Phi) is 2.67. The molecule has 0 spiro atoms. The standard InChI is InChI=1S/C12H12N2O3/c1-7(2)9-6-10(15)11-8(4-3-5-13-11)12(9)14(16)17/h3-7,15H,1-2H3. The van der Waals surface area contributed by atoms with Crippen LogP contribution in [-0.4, -0.2) is 15.0 Å². The molecule has 1 heterocycles. The van der Waals surface area contributed by atoms with Crippen molar-refractivity contribution in [2.45, 2.75) is 19.8 Å². The van der Waals surface area contributed by atoms with Gasteiger partial charge in [-0.15, -0.1) is 0 Å². The minimum Gasteiger partial charge on any atom is -0.506 e. The van der Waals surface area contributed by atoms with E-state index in [1.165, 1.54) is 12.3 Å². The molecule has 0 atom stereocenters. The highest BCUT2D eigenvalue weighted by molar-refractivity contribution is 5.93. The van der Waals surface area contributed by atoms with E-state index in [1.54, 1.807) is 12.1 Å². The zero-order chi connectivity index (χ0) is 12.6. The Morgan fingerprint density at radius 1 is 1.47 bits per heavy atom. The Labute approximate surface area is 97.9 Å². The summed E-state index contributed by atoms with van der Waals surface area (Å²) in [5.41, 5.74) is 0.817. The van der Waals surface area contributed by atoms with E-state index in [4.69, 9.17) is 0 Å². The number of hydrogen-bond acceptors (Lipinski definition) is 4. The molecule has 0 amide bonds. The fourth-order valence-corrected chi connectivity index (χ4v) is 1.88. The number of hydrogen-bond donors (Lipinski definition) is 1. The van der Waals surface area contributed by atoms with Crippen molar-refractivity contribution in [2.24, 2.45) is 0 Å². The first-order valence-corrected chi connectivity index (χ1v) is 5.27. The first-order valence-electron chi connectivity index (χ1n) is 5.27. The van der Waals surface area contributed by atoms with Gasteiger partial charge in [0.05, 0.1) is 10.3 Å². The highest BCUT2D eigenvalue weighted by atomic mass is 16.6. The lowest BCUT2D eigenvalue weighted by Gasteiger charge is -2.10. The van der Waals surface area contributed by atoms with Crippen molar-refractivity contribution in [1.29, 1.82) is 0 Å². The minimum atomic E-state index is -0.418. The number of aromatic hydroxyl groups is 1. The molecule has 5 heteroatoms. The first-order chi connectivity index (χ1) is 8.02. The smallest absolute Gasteiger partial charge is 0.282 e. The second kappa shape index (κ2) is 4.01. The summed E-state index contributed by atoms with van der Waals surface area (Å²) in [6.07, 6.45) is 1.50. The van der Waals surface area contributed by atoms with Crippen molar-refractivity contribution in [3.8, 4) is 5.75 Å². The van der Waals surface area contributed by atoms with Gasteiger partial charge in [0.25, 0.3) is 5.69 Å². The molecule has 0 aliphatic heterocycles. The third-order valence-electron chi connectivity index (χ3n) is 2.68. The molecule has 88 valence electrons. The Balaban J connectivity index is 2.93. The first kappa shape index (κ1) is 11.3. The molecule has 0 saturated heterocycles. The van der Waals surface area contributed by atoms with Crippen LogP contribution in [0.4, 0.5) is 5.69 Å². The maximum atomic E-state index is 11.1. The molecule has 0 radical (unpaired) electrons. The van der Waals surface area contributed by atoms with Crippen LogP contribution in [0.2, 0.25) is 0 Å². The molecule has 1 aromatic carbocycles. The zero-order valence-corrected chi connectivity index (χ0v) is 9.54. The maximum Gasteiger partial charge on any atom is 0.282 e. The Morgan fingerprint density at radius 3 is 2.76 bits per heavy atom. The lowest BCUT2D eigenvalue weighted by molar-refractivity contribution is -0.383. The van der Waals surface area contributed by atoms with Gasteiger partial charge in [0.2, 0.25) is 0 Å². The lowest BCUT2D eigenvalue weighted by Crippen LogP contribution is -1.99. The number of rotatable bonds is 2. The van der Waals surface area contributed by atoms with Crippen LogP contribution < -0.4 is 0 Å². The highest BCUT2D eigenvalue weighted by Gasteiger charge is 2.23. The molecular weight excluding hydrogens is 220 g/mol. The van der Waals surface area contributed by atoms with E-state index >= 15 is 0 Å². The molecule has 0 unspecified atom stereocenters. The summed E-state index contributed by atoms with van der Waals surface area (Å²) >= 11 is 0. The minimum absolute atomic E-state index is 0.0186. The number of nitro groups is 1. The molecule has 0 aliphatic rings. The van der Waals surface area contributed by atoms with Crippen molar-refractivity contribution >= 4 is 16.6 Å². The largest absolute Gasteiger partial charge is 0.506 e. The van der Waals surface area contributed by atoms with Crippen LogP contribution >= 0.6 is 0 Å². The van der Waals surface area contributed by atoms with Gasteiger partial charge in [0, 0.05) is 11.8 Å². The third-order valence-corrected chi connectivity index (χ3v) is 2.68. The molecule has 1 N–H and O–H groups in total. The van der Waals surface area contributed by atoms with Gasteiger partial charge < -0.3 is 5.11 Å². The molecule has 17 heavy (non-hydrogen) atoms. The second-order valence-corrected chi connectivity index (χ2v) is 4.14. The van der Waals surface area contributed by atoms with E-state index < -0.39 is 4.92 Å². The average Bonchev–Trinajstić information content (AvgIpc) is 2.28. The molecule has 1 aromatic heterocycles. The van der Waals surface area contributed by atoms with Gasteiger partial charge in [-0.05, 0) is 24.1 Å². The molecule has 0 fully saturated rings. The summed E-state index contributed by atoms with van der Waals surface area (Å²) in [5, 5.41) is 21.3. The van der Waals surface area contributed by atoms with Crippen LogP contribution in [0.1, 0.15) is 25.3 Å². The van der Waals surface area contributed by atoms with Crippen LogP contribution in [0, 0.1) is 10.1 Å². The SMILES string of the molecule is CC(C)c1cc(O)c2ncccc2c1[N+](=O)[O-]. The predicted octanol–water partition coefficient (Wildman–Crippen LogP) is 2.97. The van der Waals surface area contributed by atoms with Crippen LogP contribution in [0.5, 0.6) is 5.75 Å². The summed E-state index contributed by atoms with van der Waals surface area (Å²) < 4.78 is 0. The number of aromatic nitrogens is 1. The third kappa shape index (κ3) is 1.80. The summed E-state index contributed by atoms with van der Waals surface area (Å²) in [6.45, 7) is 3.70. The molecule has 5 nitrogen and oxygen atoms in total. The second-order valence-electron chi connectivity index (χ2n) is 4.14. The van der Waals surface area contributed by atoms with E-state index in [0.29, 0.717) is 10.9 Å². The molecule has 0 saturated carbocycles. The van der Waals surface area contributed by atoms with E-state index in [9.17, 15) is 15.2 Å². The van der Waals surface area contributed by atoms with Crippen LogP contribution in [0.25, 0.3) is 10.9 Å². The summed E-state index contributed by atoms with van der Waals surface area (Å²) in [7, 11) is 0. The number of nitro benzene ring substituents is 1. The maximum absolute atomic E-state index is 11.1. The van der Waals surface area contributed by atoms with Crippen molar-refractivity contribution in [1.82, 2.24) is 4.98 Å². The van der Waals surface area contributed by atoms with Crippen LogP contribution in [-0.2, 0) is 0 Å². The summed E-state index contributed by atoms with van der Waals surface area (Å²) in [4.78, 5) is 14.7. The molecule has 0 bridgehead atoms. The van der Waals surface area contributed by atoms with E-state index in [-0.39, 0.29) is 22.9 Å². The van der Waals surface area contributed by atoms with Gasteiger partial charge >= 0.3 is 0 Å². The molecule has 2 rings (SSSR count). The fraction of sp³-hybridized carbons (Fsp3) is 0.250. The van der Waals surface area contributed by atoms with E-state index in [1.807, 2.05) is 13.8 Å². The van der Waals surface area contributed by atoms with Gasteiger partial charge in [0.1, 0.15) is 11.3 Å². The van der Waals surface area contributed by atoms with Crippen molar-refractivity contribution in [2.75, 3.05) is 0 Å². The lowest BCUT2D eigenvalue weighted by atomic mass is 9.97. The highest BCUT2D eigenvalue weighted by Crippen LogP contribution is 2.37. The number of phenols is 1. The number of benzene rings is 1. The monoisotopic (exact) mass is 232 g/mol. The van der Waals surface area contributed by atoms with Gasteiger partial charge in [-0.2, -0.15) is 0 Å². The fourth-order valence-electron chi connectivity index (χ4n) is 1.88. The topological polar surface area (TPSA) is 76.3 Å². The Morgan fingerprint density at radius 2 is 2.18 bits per heavy atom. The van der Waals surface area contributed by atoms with Crippen molar-refractivity contribution in [3.63, 3.8) is 0 Å². The molecular formula is C12H12N2O3. The predicted molar refractivity (Wildman–Crippen MR) is 64.2 cm³/mol. The number of fused-ring (bicyclic) bond motifs is 1. The van der Waals surface area contributed by atoms with Crippen LogP contribution in [0.15, 0.2) is 24.4 Å².